The van der Waals surface area contributed by atoms with Crippen LogP contribution in [-0.4, -0.2) is 37.7 Å². The van der Waals surface area contributed by atoms with Gasteiger partial charge in [0.15, 0.2) is 4.87 Å². The van der Waals surface area contributed by atoms with E-state index in [1.165, 1.54) is 5.01 Å². The number of carbonyl (C=O) groups excluding carboxylic acids is 1. The van der Waals surface area contributed by atoms with Gasteiger partial charge in [-0.3, -0.25) is 9.48 Å². The van der Waals surface area contributed by atoms with Crippen LogP contribution in [0.4, 0.5) is 5.69 Å². The van der Waals surface area contributed by atoms with Gasteiger partial charge >= 0.3 is 11.6 Å². The second-order valence-corrected chi connectivity index (χ2v) is 7.91. The highest BCUT2D eigenvalue weighted by Crippen LogP contribution is 2.36. The SMILES string of the molecule is Cc1c(OC2CCC(N3C(=O)c4ccccc4[N+]3=O)CC2)ccc2nn(C)cc12. The van der Waals surface area contributed by atoms with Gasteiger partial charge in [-0.25, -0.2) is 0 Å². The van der Waals surface area contributed by atoms with E-state index in [-0.39, 0.29) is 18.1 Å². The van der Waals surface area contributed by atoms with E-state index in [2.05, 4.69) is 12.0 Å². The average Bonchev–Trinajstić information content (AvgIpc) is 3.23. The fourth-order valence-electron chi connectivity index (χ4n) is 4.50. The maximum atomic E-state index is 12.7. The van der Waals surface area contributed by atoms with E-state index >= 15 is 0 Å². The van der Waals surface area contributed by atoms with Gasteiger partial charge < -0.3 is 4.74 Å². The highest BCUT2D eigenvalue weighted by Gasteiger charge is 2.49. The summed E-state index contributed by atoms with van der Waals surface area (Å²) in [5.74, 6) is 0.682. The second kappa shape index (κ2) is 6.69. The predicted octanol–water partition coefficient (Wildman–Crippen LogP) is 4.05. The van der Waals surface area contributed by atoms with Gasteiger partial charge in [0, 0.05) is 30.3 Å². The molecule has 1 aliphatic carbocycles. The number of benzene rings is 2. The topological polar surface area (TPSA) is 67.4 Å². The number of amides is 1. The number of aryl methyl sites for hydroxylation is 2. The first kappa shape index (κ1) is 17.8. The maximum absolute atomic E-state index is 12.7. The van der Waals surface area contributed by atoms with Crippen molar-refractivity contribution in [3.8, 4) is 5.75 Å². The average molecular weight is 391 g/mol. The summed E-state index contributed by atoms with van der Waals surface area (Å²) >= 11 is 0. The molecule has 1 aromatic heterocycles. The van der Waals surface area contributed by atoms with Gasteiger partial charge in [-0.05, 0) is 50.8 Å². The molecule has 0 N–H and O–H groups in total. The van der Waals surface area contributed by atoms with Crippen molar-refractivity contribution in [1.29, 1.82) is 0 Å². The lowest BCUT2D eigenvalue weighted by Gasteiger charge is -2.30. The van der Waals surface area contributed by atoms with E-state index < -0.39 is 0 Å². The molecule has 148 valence electrons. The molecule has 0 radical (unpaired) electrons. The molecule has 2 aliphatic rings. The Morgan fingerprint density at radius 2 is 1.86 bits per heavy atom. The summed E-state index contributed by atoms with van der Waals surface area (Å²) in [6.07, 6.45) is 5.20. The summed E-state index contributed by atoms with van der Waals surface area (Å²) in [7, 11) is 1.92. The summed E-state index contributed by atoms with van der Waals surface area (Å²) in [4.78, 5) is 26.1. The number of hydrogen-bond acceptors (Lipinski definition) is 4. The monoisotopic (exact) mass is 391 g/mol. The first-order chi connectivity index (χ1) is 14.0. The van der Waals surface area contributed by atoms with Crippen molar-refractivity contribution in [3.05, 3.63) is 58.6 Å². The fourth-order valence-corrected chi connectivity index (χ4v) is 4.50. The van der Waals surface area contributed by atoms with Crippen molar-refractivity contribution in [3.63, 3.8) is 0 Å². The van der Waals surface area contributed by atoms with E-state index in [0.29, 0.717) is 11.3 Å². The molecule has 0 spiro atoms. The van der Waals surface area contributed by atoms with Crippen molar-refractivity contribution in [2.24, 2.45) is 7.05 Å². The Morgan fingerprint density at radius 1 is 1.10 bits per heavy atom. The molecule has 2 heterocycles. The highest BCUT2D eigenvalue weighted by atomic mass is 16.5. The zero-order chi connectivity index (χ0) is 20.1. The molecule has 1 fully saturated rings. The Morgan fingerprint density at radius 3 is 2.62 bits per heavy atom. The van der Waals surface area contributed by atoms with Crippen LogP contribution in [0.25, 0.3) is 10.9 Å². The van der Waals surface area contributed by atoms with Gasteiger partial charge in [0.1, 0.15) is 11.3 Å². The van der Waals surface area contributed by atoms with Crippen LogP contribution < -0.4 is 4.74 Å². The lowest BCUT2D eigenvalue weighted by Crippen LogP contribution is -2.43. The molecule has 29 heavy (non-hydrogen) atoms. The number of hydrogen-bond donors (Lipinski definition) is 0. The Hall–Kier alpha value is -3.22. The van der Waals surface area contributed by atoms with Crippen molar-refractivity contribution in [2.75, 3.05) is 0 Å². The van der Waals surface area contributed by atoms with Crippen LogP contribution in [-0.2, 0) is 7.05 Å². The van der Waals surface area contributed by atoms with Gasteiger partial charge in [0.05, 0.1) is 22.6 Å². The van der Waals surface area contributed by atoms with Crippen LogP contribution in [0, 0.1) is 11.8 Å². The molecule has 0 bridgehead atoms. The quantitative estimate of drug-likeness (QED) is 0.632. The minimum Gasteiger partial charge on any atom is -0.490 e. The molecule has 0 saturated heterocycles. The Labute approximate surface area is 168 Å². The van der Waals surface area contributed by atoms with Crippen LogP contribution in [0.5, 0.6) is 5.75 Å². The standard InChI is InChI=1S/C22H23N4O3/c1-14-18-13-24(2)23-19(18)11-12-21(14)29-16-9-7-15(8-10-16)25-22(27)17-5-3-4-6-20(17)26(25)28/h3-6,11-13,15-16H,7-10H2,1-2H3/q+1. The molecular formula is C22H23N4O3+. The summed E-state index contributed by atoms with van der Waals surface area (Å²) in [6.45, 7) is 2.06. The molecule has 0 unspecified atom stereocenters. The normalized spacial score (nSPS) is 21.7. The van der Waals surface area contributed by atoms with Crippen molar-refractivity contribution in [2.45, 2.75) is 44.8 Å². The van der Waals surface area contributed by atoms with E-state index in [4.69, 9.17) is 4.74 Å². The third-order valence-electron chi connectivity index (χ3n) is 6.05. The van der Waals surface area contributed by atoms with Gasteiger partial charge in [-0.15, -0.1) is 0 Å². The molecule has 0 atom stereocenters. The maximum Gasteiger partial charge on any atom is 0.320 e. The third-order valence-corrected chi connectivity index (χ3v) is 6.05. The molecular weight excluding hydrogens is 368 g/mol. The molecule has 1 amide bonds. The number of para-hydroxylation sites is 1. The molecule has 3 aromatic rings. The van der Waals surface area contributed by atoms with E-state index in [1.807, 2.05) is 30.1 Å². The van der Waals surface area contributed by atoms with Crippen LogP contribution in [0.2, 0.25) is 0 Å². The second-order valence-electron chi connectivity index (χ2n) is 7.91. The number of aromatic nitrogens is 2. The molecule has 2 aromatic carbocycles. The molecule has 7 heteroatoms. The van der Waals surface area contributed by atoms with Gasteiger partial charge in [-0.1, -0.05) is 17.1 Å². The first-order valence-electron chi connectivity index (χ1n) is 10.0. The van der Waals surface area contributed by atoms with Gasteiger partial charge in [-0.2, -0.15) is 5.10 Å². The van der Waals surface area contributed by atoms with Gasteiger partial charge in [0.25, 0.3) is 0 Å². The zero-order valence-electron chi connectivity index (χ0n) is 16.5. The molecule has 7 nitrogen and oxygen atoms in total. The fraction of sp³-hybridized carbons (Fsp3) is 0.364. The summed E-state index contributed by atoms with van der Waals surface area (Å²) < 4.78 is 8.11. The molecule has 5 rings (SSSR count). The summed E-state index contributed by atoms with van der Waals surface area (Å²) in [6, 6.07) is 10.9. The Bertz CT molecular complexity index is 1090. The predicted molar refractivity (Wildman–Crippen MR) is 108 cm³/mol. The zero-order valence-corrected chi connectivity index (χ0v) is 16.5. The van der Waals surface area contributed by atoms with E-state index in [1.54, 1.807) is 24.3 Å². The third kappa shape index (κ3) is 2.88. The Kier molecular flexibility index (Phi) is 4.12. The number of hydrazine groups is 1. The molecule has 1 aliphatic heterocycles. The number of fused-ring (bicyclic) bond motifs is 2. The molecule has 1 saturated carbocycles. The van der Waals surface area contributed by atoms with E-state index in [0.717, 1.165) is 52.8 Å². The van der Waals surface area contributed by atoms with Crippen LogP contribution in [0.15, 0.2) is 42.6 Å². The van der Waals surface area contributed by atoms with Crippen LogP contribution in [0.3, 0.4) is 0 Å². The van der Waals surface area contributed by atoms with Crippen molar-refractivity contribution < 1.29 is 14.4 Å². The smallest absolute Gasteiger partial charge is 0.320 e. The van der Waals surface area contributed by atoms with Crippen molar-refractivity contribution >= 4 is 22.5 Å². The number of ether oxygens (including phenoxy) is 1. The summed E-state index contributed by atoms with van der Waals surface area (Å²) in [5.41, 5.74) is 2.98. The van der Waals surface area contributed by atoms with Crippen LogP contribution >= 0.6 is 0 Å². The van der Waals surface area contributed by atoms with Crippen molar-refractivity contribution in [1.82, 2.24) is 14.8 Å². The Balaban J connectivity index is 1.27. The first-order valence-corrected chi connectivity index (χ1v) is 10.0. The summed E-state index contributed by atoms with van der Waals surface area (Å²) in [5, 5.41) is 6.92. The lowest BCUT2D eigenvalue weighted by molar-refractivity contribution is -0.620. The number of nitrogens with zero attached hydrogens (tertiary/aromatic N) is 4. The number of nitroso groups, excluding NO2 is 1. The van der Waals surface area contributed by atoms with E-state index in [9.17, 15) is 9.70 Å². The highest BCUT2D eigenvalue weighted by molar-refractivity contribution is 5.99. The number of carbonyl (C=O) groups is 1. The number of rotatable bonds is 3. The van der Waals surface area contributed by atoms with Gasteiger partial charge in [0.2, 0.25) is 0 Å². The minimum atomic E-state index is -0.196. The minimum absolute atomic E-state index is 0.0826. The van der Waals surface area contributed by atoms with Crippen LogP contribution in [0.1, 0.15) is 41.6 Å². The largest absolute Gasteiger partial charge is 0.490 e. The lowest BCUT2D eigenvalue weighted by atomic mass is 9.92.